The van der Waals surface area contributed by atoms with Crippen LogP contribution in [-0.2, 0) is 6.42 Å². The van der Waals surface area contributed by atoms with Crippen molar-refractivity contribution >= 4 is 5.91 Å². The highest BCUT2D eigenvalue weighted by molar-refractivity contribution is 5.94. The zero-order valence-electron chi connectivity index (χ0n) is 17.7. The normalized spacial score (nSPS) is 11.6. The predicted octanol–water partition coefficient (Wildman–Crippen LogP) is 3.83. The zero-order valence-corrected chi connectivity index (χ0v) is 17.7. The molecule has 0 radical (unpaired) electrons. The van der Waals surface area contributed by atoms with E-state index in [1.54, 1.807) is 43.4 Å². The minimum atomic E-state index is -0.876. The van der Waals surface area contributed by atoms with Crippen LogP contribution in [0.2, 0.25) is 0 Å². The van der Waals surface area contributed by atoms with Gasteiger partial charge in [-0.15, -0.1) is 0 Å². The van der Waals surface area contributed by atoms with Crippen LogP contribution in [0.15, 0.2) is 72.8 Å². The van der Waals surface area contributed by atoms with Gasteiger partial charge in [-0.3, -0.25) is 4.79 Å². The van der Waals surface area contributed by atoms with Crippen molar-refractivity contribution in [3.8, 4) is 17.2 Å². The van der Waals surface area contributed by atoms with Crippen LogP contribution in [0, 0.1) is 0 Å². The maximum Gasteiger partial charge on any atom is 0.253 e. The average Bonchev–Trinajstić information content (AvgIpc) is 2.81. The summed E-state index contributed by atoms with van der Waals surface area (Å²) in [7, 11) is 3.17. The first kappa shape index (κ1) is 22.2. The highest BCUT2D eigenvalue weighted by Gasteiger charge is 2.20. The van der Waals surface area contributed by atoms with E-state index in [9.17, 15) is 15.0 Å². The lowest BCUT2D eigenvalue weighted by molar-refractivity contribution is 0.0624. The maximum absolute atomic E-state index is 13.1. The summed E-state index contributed by atoms with van der Waals surface area (Å²) in [6.07, 6.45) is -0.292. The molecule has 0 saturated carbocycles. The van der Waals surface area contributed by atoms with Gasteiger partial charge in [-0.2, -0.15) is 0 Å². The maximum atomic E-state index is 13.1. The van der Waals surface area contributed by atoms with E-state index in [1.165, 1.54) is 12.1 Å². The number of hydrogen-bond donors (Lipinski definition) is 2. The van der Waals surface area contributed by atoms with E-state index in [0.29, 0.717) is 35.6 Å². The van der Waals surface area contributed by atoms with Gasteiger partial charge in [0.05, 0.1) is 26.9 Å². The Kier molecular flexibility index (Phi) is 7.51. The molecule has 0 aliphatic carbocycles. The fourth-order valence-electron chi connectivity index (χ4n) is 3.35. The van der Waals surface area contributed by atoms with E-state index in [4.69, 9.17) is 9.47 Å². The van der Waals surface area contributed by atoms with Gasteiger partial charge in [0.1, 0.15) is 5.75 Å². The predicted molar refractivity (Wildman–Crippen MR) is 119 cm³/mol. The van der Waals surface area contributed by atoms with Gasteiger partial charge in [-0.1, -0.05) is 36.4 Å². The Bertz CT molecular complexity index is 989. The Labute approximate surface area is 182 Å². The van der Waals surface area contributed by atoms with Gasteiger partial charge in [0.15, 0.2) is 11.5 Å². The third-order valence-electron chi connectivity index (χ3n) is 5.10. The van der Waals surface area contributed by atoms with Crippen molar-refractivity contribution in [1.82, 2.24) is 4.90 Å². The van der Waals surface area contributed by atoms with Crippen molar-refractivity contribution in [2.24, 2.45) is 0 Å². The monoisotopic (exact) mass is 421 g/mol. The van der Waals surface area contributed by atoms with E-state index in [-0.39, 0.29) is 18.2 Å². The molecule has 0 saturated heterocycles. The first-order chi connectivity index (χ1) is 15.0. The first-order valence-electron chi connectivity index (χ1n) is 10.0. The molecule has 3 aromatic carbocycles. The number of amides is 1. The summed E-state index contributed by atoms with van der Waals surface area (Å²) < 4.78 is 10.6. The molecule has 0 spiro atoms. The van der Waals surface area contributed by atoms with Gasteiger partial charge in [-0.05, 0) is 53.9 Å². The Hall–Kier alpha value is -3.51. The number of aliphatic hydroxyl groups excluding tert-OH is 1. The first-order valence-corrected chi connectivity index (χ1v) is 10.0. The second-order valence-electron chi connectivity index (χ2n) is 7.16. The van der Waals surface area contributed by atoms with E-state index >= 15 is 0 Å². The van der Waals surface area contributed by atoms with Gasteiger partial charge in [0, 0.05) is 12.1 Å². The molecule has 0 aliphatic heterocycles. The molecule has 0 unspecified atom stereocenters. The lowest BCUT2D eigenvalue weighted by atomic mass is 10.1. The lowest BCUT2D eigenvalue weighted by Gasteiger charge is -2.26. The van der Waals surface area contributed by atoms with E-state index in [1.807, 2.05) is 36.4 Å². The van der Waals surface area contributed by atoms with Crippen molar-refractivity contribution < 1.29 is 24.5 Å². The van der Waals surface area contributed by atoms with Gasteiger partial charge in [-0.25, -0.2) is 0 Å². The number of carbonyl (C=O) groups excluding carboxylic acids is 1. The molecule has 0 bridgehead atoms. The van der Waals surface area contributed by atoms with Crippen molar-refractivity contribution in [1.29, 1.82) is 0 Å². The molecule has 6 nitrogen and oxygen atoms in total. The summed E-state index contributed by atoms with van der Waals surface area (Å²) in [6.45, 7) is 0.546. The minimum absolute atomic E-state index is 0.127. The molecule has 6 heteroatoms. The van der Waals surface area contributed by atoms with Gasteiger partial charge in [0.2, 0.25) is 0 Å². The number of hydrogen-bond acceptors (Lipinski definition) is 5. The third-order valence-corrected chi connectivity index (χ3v) is 5.10. The SMILES string of the molecule is COc1ccc(CCN(C[C@H](O)c2ccc(O)cc2)C(=O)c2ccccc2)cc1OC. The minimum Gasteiger partial charge on any atom is -0.508 e. The quantitative estimate of drug-likeness (QED) is 0.549. The highest BCUT2D eigenvalue weighted by Crippen LogP contribution is 2.28. The smallest absolute Gasteiger partial charge is 0.253 e. The summed E-state index contributed by atoms with van der Waals surface area (Å²) in [5.41, 5.74) is 2.19. The highest BCUT2D eigenvalue weighted by atomic mass is 16.5. The summed E-state index contributed by atoms with van der Waals surface area (Å²) in [5, 5.41) is 20.2. The van der Waals surface area contributed by atoms with Crippen molar-refractivity contribution in [2.45, 2.75) is 12.5 Å². The molecule has 3 aromatic rings. The van der Waals surface area contributed by atoms with Gasteiger partial charge < -0.3 is 24.6 Å². The second-order valence-corrected chi connectivity index (χ2v) is 7.16. The number of benzene rings is 3. The molecule has 0 heterocycles. The van der Waals surface area contributed by atoms with Crippen LogP contribution in [0.3, 0.4) is 0 Å². The fraction of sp³-hybridized carbons (Fsp3) is 0.240. The summed E-state index contributed by atoms with van der Waals surface area (Å²) in [6, 6.07) is 21.0. The zero-order chi connectivity index (χ0) is 22.2. The molecule has 2 N–H and O–H groups in total. The van der Waals surface area contributed by atoms with E-state index in [2.05, 4.69) is 0 Å². The van der Waals surface area contributed by atoms with Crippen molar-refractivity contribution in [3.63, 3.8) is 0 Å². The Morgan fingerprint density at radius 3 is 2.26 bits per heavy atom. The molecule has 0 aromatic heterocycles. The molecule has 162 valence electrons. The molecular weight excluding hydrogens is 394 g/mol. The molecule has 1 amide bonds. The number of carbonyl (C=O) groups is 1. The molecule has 31 heavy (non-hydrogen) atoms. The van der Waals surface area contributed by atoms with E-state index < -0.39 is 6.10 Å². The van der Waals surface area contributed by atoms with Gasteiger partial charge in [0.25, 0.3) is 5.91 Å². The Morgan fingerprint density at radius 1 is 0.935 bits per heavy atom. The van der Waals surface area contributed by atoms with Crippen LogP contribution in [0.5, 0.6) is 17.2 Å². The number of aliphatic hydroxyl groups is 1. The molecule has 0 aliphatic rings. The molecule has 3 rings (SSSR count). The Balaban J connectivity index is 1.78. The van der Waals surface area contributed by atoms with Crippen LogP contribution in [0.4, 0.5) is 0 Å². The number of aromatic hydroxyl groups is 1. The number of phenols is 1. The average molecular weight is 421 g/mol. The number of rotatable bonds is 9. The number of nitrogens with zero attached hydrogens (tertiary/aromatic N) is 1. The van der Waals surface area contributed by atoms with Gasteiger partial charge >= 0.3 is 0 Å². The molecule has 1 atom stereocenters. The van der Waals surface area contributed by atoms with E-state index in [0.717, 1.165) is 5.56 Å². The standard InChI is InChI=1S/C25H27NO5/c1-30-23-13-8-18(16-24(23)31-2)14-15-26(25(29)20-6-4-3-5-7-20)17-22(28)19-9-11-21(27)12-10-19/h3-13,16,22,27-28H,14-15,17H2,1-2H3/t22-/m0/s1. The Morgan fingerprint density at radius 2 is 1.61 bits per heavy atom. The van der Waals surface area contributed by atoms with Crippen molar-refractivity contribution in [2.75, 3.05) is 27.3 Å². The number of phenolic OH excluding ortho intramolecular Hbond substituents is 1. The number of ether oxygens (including phenoxy) is 2. The fourth-order valence-corrected chi connectivity index (χ4v) is 3.35. The summed E-state index contributed by atoms with van der Waals surface area (Å²) in [4.78, 5) is 14.8. The van der Waals surface area contributed by atoms with Crippen LogP contribution >= 0.6 is 0 Å². The largest absolute Gasteiger partial charge is 0.508 e. The molecule has 0 fully saturated rings. The van der Waals surface area contributed by atoms with Crippen LogP contribution in [-0.4, -0.2) is 48.3 Å². The number of methoxy groups -OCH3 is 2. The lowest BCUT2D eigenvalue weighted by Crippen LogP contribution is -2.36. The van der Waals surface area contributed by atoms with Crippen molar-refractivity contribution in [3.05, 3.63) is 89.5 Å². The van der Waals surface area contributed by atoms with Crippen LogP contribution in [0.1, 0.15) is 27.6 Å². The van der Waals surface area contributed by atoms with Crippen LogP contribution in [0.25, 0.3) is 0 Å². The van der Waals surface area contributed by atoms with Crippen LogP contribution < -0.4 is 9.47 Å². The topological polar surface area (TPSA) is 79.2 Å². The third kappa shape index (κ3) is 5.77. The summed E-state index contributed by atoms with van der Waals surface area (Å²) in [5.74, 6) is 1.25. The summed E-state index contributed by atoms with van der Waals surface area (Å²) >= 11 is 0. The second kappa shape index (κ2) is 10.5. The molecular formula is C25H27NO5.